The van der Waals surface area contributed by atoms with Crippen LogP contribution in [0.1, 0.15) is 27.1 Å². The summed E-state index contributed by atoms with van der Waals surface area (Å²) in [5.74, 6) is -0.679. The molecule has 0 saturated carbocycles. The number of nitrogens with zero attached hydrogens (tertiary/aromatic N) is 1. The van der Waals surface area contributed by atoms with Gasteiger partial charge in [0.1, 0.15) is 0 Å². The van der Waals surface area contributed by atoms with Crippen molar-refractivity contribution >= 4 is 40.0 Å². The predicted octanol–water partition coefficient (Wildman–Crippen LogP) is 4.12. The van der Waals surface area contributed by atoms with Crippen LogP contribution in [0.15, 0.2) is 60.7 Å². The largest absolute Gasteiger partial charge is 0.385 e. The fraction of sp³-hybridized carbons (Fsp3) is 0.174. The number of methoxy groups -OCH3 is 1. The first-order valence-corrected chi connectivity index (χ1v) is 9.63. The molecule has 0 atom stereocenters. The Bertz CT molecular complexity index is 1140. The first-order valence-electron chi connectivity index (χ1n) is 9.63. The summed E-state index contributed by atoms with van der Waals surface area (Å²) >= 11 is 0. The standard InChI is InChI=1S/C23H21N3O4/c1-30-13-5-12-26-21(27)18-11-10-16(14-19(18)22(26)28)24-23(29)25-20-9-4-7-15-6-2-3-8-17(15)20/h2-4,6-11,14H,5,12-13H2,1H3,(H2,24,25,29). The molecule has 3 aromatic carbocycles. The number of urea groups is 1. The van der Waals surface area contributed by atoms with Gasteiger partial charge in [-0.2, -0.15) is 0 Å². The Morgan fingerprint density at radius 2 is 1.70 bits per heavy atom. The number of anilines is 2. The second-order valence-electron chi connectivity index (χ2n) is 6.97. The Morgan fingerprint density at radius 1 is 0.933 bits per heavy atom. The summed E-state index contributed by atoms with van der Waals surface area (Å²) in [7, 11) is 1.57. The number of nitrogens with one attached hydrogen (secondary N) is 2. The number of benzene rings is 3. The molecule has 4 rings (SSSR count). The molecule has 0 radical (unpaired) electrons. The Labute approximate surface area is 173 Å². The van der Waals surface area contributed by atoms with Gasteiger partial charge in [-0.25, -0.2) is 4.79 Å². The Balaban J connectivity index is 1.48. The third-order valence-electron chi connectivity index (χ3n) is 5.00. The molecule has 0 saturated heterocycles. The topological polar surface area (TPSA) is 87.7 Å². The summed E-state index contributed by atoms with van der Waals surface area (Å²) in [6, 6.07) is 17.7. The van der Waals surface area contributed by atoms with E-state index in [-0.39, 0.29) is 11.8 Å². The van der Waals surface area contributed by atoms with E-state index in [1.807, 2.05) is 42.5 Å². The summed E-state index contributed by atoms with van der Waals surface area (Å²) in [5.41, 5.74) is 1.76. The molecule has 1 heterocycles. The SMILES string of the molecule is COCCCN1C(=O)c2ccc(NC(=O)Nc3cccc4ccccc34)cc2C1=O. The predicted molar refractivity (Wildman–Crippen MR) is 115 cm³/mol. The van der Waals surface area contributed by atoms with Crippen molar-refractivity contribution in [3.05, 3.63) is 71.8 Å². The van der Waals surface area contributed by atoms with E-state index in [4.69, 9.17) is 4.74 Å². The molecule has 0 unspecified atom stereocenters. The highest BCUT2D eigenvalue weighted by Gasteiger charge is 2.35. The van der Waals surface area contributed by atoms with Crippen LogP contribution in [0.5, 0.6) is 0 Å². The molecule has 3 aromatic rings. The van der Waals surface area contributed by atoms with E-state index in [2.05, 4.69) is 10.6 Å². The second-order valence-corrected chi connectivity index (χ2v) is 6.97. The van der Waals surface area contributed by atoms with Gasteiger partial charge in [0, 0.05) is 31.3 Å². The number of fused-ring (bicyclic) bond motifs is 2. The summed E-state index contributed by atoms with van der Waals surface area (Å²) in [4.78, 5) is 38.8. The van der Waals surface area contributed by atoms with Crippen LogP contribution in [0.3, 0.4) is 0 Å². The lowest BCUT2D eigenvalue weighted by atomic mass is 10.1. The molecule has 7 nitrogen and oxygen atoms in total. The first-order chi connectivity index (χ1) is 14.6. The van der Waals surface area contributed by atoms with E-state index in [1.54, 1.807) is 19.2 Å². The molecule has 0 aromatic heterocycles. The number of ether oxygens (including phenoxy) is 1. The van der Waals surface area contributed by atoms with Crippen molar-refractivity contribution in [2.24, 2.45) is 0 Å². The fourth-order valence-electron chi connectivity index (χ4n) is 3.56. The minimum atomic E-state index is -0.431. The Kier molecular flexibility index (Phi) is 5.45. The van der Waals surface area contributed by atoms with Crippen LogP contribution >= 0.6 is 0 Å². The number of amides is 4. The molecule has 4 amide bonds. The lowest BCUT2D eigenvalue weighted by Gasteiger charge is -2.12. The molecule has 0 fully saturated rings. The van der Waals surface area contributed by atoms with E-state index in [1.165, 1.54) is 11.0 Å². The molecular formula is C23H21N3O4. The van der Waals surface area contributed by atoms with Gasteiger partial charge in [0.15, 0.2) is 0 Å². The molecule has 0 bridgehead atoms. The highest BCUT2D eigenvalue weighted by molar-refractivity contribution is 6.22. The van der Waals surface area contributed by atoms with Gasteiger partial charge in [0.05, 0.1) is 16.8 Å². The maximum Gasteiger partial charge on any atom is 0.323 e. The molecule has 1 aliphatic heterocycles. The van der Waals surface area contributed by atoms with Crippen molar-refractivity contribution < 1.29 is 19.1 Å². The minimum Gasteiger partial charge on any atom is -0.385 e. The van der Waals surface area contributed by atoms with E-state index < -0.39 is 6.03 Å². The maximum absolute atomic E-state index is 12.6. The molecule has 2 N–H and O–H groups in total. The smallest absolute Gasteiger partial charge is 0.323 e. The Hall–Kier alpha value is -3.71. The molecule has 30 heavy (non-hydrogen) atoms. The van der Waals surface area contributed by atoms with Crippen molar-refractivity contribution in [1.29, 1.82) is 0 Å². The van der Waals surface area contributed by atoms with Crippen molar-refractivity contribution in [1.82, 2.24) is 4.90 Å². The van der Waals surface area contributed by atoms with Crippen LogP contribution in [0.4, 0.5) is 16.2 Å². The number of hydrogen-bond donors (Lipinski definition) is 2. The summed E-state index contributed by atoms with van der Waals surface area (Å²) in [5, 5.41) is 7.52. The van der Waals surface area contributed by atoms with Gasteiger partial charge < -0.3 is 15.4 Å². The van der Waals surface area contributed by atoms with Gasteiger partial charge >= 0.3 is 6.03 Å². The van der Waals surface area contributed by atoms with Gasteiger partial charge in [-0.3, -0.25) is 14.5 Å². The highest BCUT2D eigenvalue weighted by Crippen LogP contribution is 2.27. The fourth-order valence-corrected chi connectivity index (χ4v) is 3.56. The third kappa shape index (κ3) is 3.75. The van der Waals surface area contributed by atoms with E-state index in [9.17, 15) is 14.4 Å². The molecule has 0 spiro atoms. The zero-order valence-electron chi connectivity index (χ0n) is 16.5. The monoisotopic (exact) mass is 403 g/mol. The van der Waals surface area contributed by atoms with Crippen LogP contribution in [-0.2, 0) is 4.74 Å². The quantitative estimate of drug-likeness (QED) is 0.479. The second kappa shape index (κ2) is 8.34. The third-order valence-corrected chi connectivity index (χ3v) is 5.00. The lowest BCUT2D eigenvalue weighted by molar-refractivity contribution is 0.0638. The Morgan fingerprint density at radius 3 is 2.53 bits per heavy atom. The lowest BCUT2D eigenvalue weighted by Crippen LogP contribution is -2.31. The molecular weight excluding hydrogens is 382 g/mol. The van der Waals surface area contributed by atoms with Crippen molar-refractivity contribution in [3.8, 4) is 0 Å². The van der Waals surface area contributed by atoms with Gasteiger partial charge in [0.25, 0.3) is 11.8 Å². The van der Waals surface area contributed by atoms with Crippen molar-refractivity contribution in [3.63, 3.8) is 0 Å². The zero-order chi connectivity index (χ0) is 21.1. The van der Waals surface area contributed by atoms with Crippen LogP contribution in [0.2, 0.25) is 0 Å². The van der Waals surface area contributed by atoms with E-state index in [0.717, 1.165) is 10.8 Å². The van der Waals surface area contributed by atoms with E-state index >= 15 is 0 Å². The van der Waals surface area contributed by atoms with Gasteiger partial charge in [-0.1, -0.05) is 36.4 Å². The highest BCUT2D eigenvalue weighted by atomic mass is 16.5. The van der Waals surface area contributed by atoms with Gasteiger partial charge in [-0.05, 0) is 36.1 Å². The van der Waals surface area contributed by atoms with Crippen LogP contribution in [-0.4, -0.2) is 43.0 Å². The number of hydrogen-bond acceptors (Lipinski definition) is 4. The number of carbonyl (C=O) groups excluding carboxylic acids is 3. The van der Waals surface area contributed by atoms with Crippen LogP contribution < -0.4 is 10.6 Å². The first kappa shape index (κ1) is 19.6. The zero-order valence-corrected chi connectivity index (χ0v) is 16.5. The van der Waals surface area contributed by atoms with Crippen LogP contribution in [0.25, 0.3) is 10.8 Å². The molecule has 7 heteroatoms. The maximum atomic E-state index is 12.6. The number of imide groups is 1. The average Bonchev–Trinajstić information content (AvgIpc) is 2.98. The minimum absolute atomic E-state index is 0.292. The average molecular weight is 403 g/mol. The summed E-state index contributed by atoms with van der Waals surface area (Å²) in [6.07, 6.45) is 0.570. The van der Waals surface area contributed by atoms with Crippen molar-refractivity contribution in [2.45, 2.75) is 6.42 Å². The molecule has 1 aliphatic rings. The van der Waals surface area contributed by atoms with E-state index in [0.29, 0.717) is 42.1 Å². The number of carbonyl (C=O) groups is 3. The normalized spacial score (nSPS) is 12.9. The molecule has 0 aliphatic carbocycles. The van der Waals surface area contributed by atoms with Crippen molar-refractivity contribution in [2.75, 3.05) is 30.9 Å². The summed E-state index contributed by atoms with van der Waals surface area (Å²) < 4.78 is 4.98. The number of rotatable bonds is 6. The van der Waals surface area contributed by atoms with Crippen LogP contribution in [0, 0.1) is 0 Å². The van der Waals surface area contributed by atoms with Gasteiger partial charge in [0.2, 0.25) is 0 Å². The van der Waals surface area contributed by atoms with Gasteiger partial charge in [-0.15, -0.1) is 0 Å². The molecule has 152 valence electrons. The summed E-state index contributed by atoms with van der Waals surface area (Å²) in [6.45, 7) is 0.763.